The van der Waals surface area contributed by atoms with E-state index in [1.807, 2.05) is 6.92 Å². The molecule has 0 heterocycles. The van der Waals surface area contributed by atoms with Crippen molar-refractivity contribution in [2.45, 2.75) is 13.3 Å². The molecule has 0 fully saturated rings. The summed E-state index contributed by atoms with van der Waals surface area (Å²) in [6.07, 6.45) is 0.852. The summed E-state index contributed by atoms with van der Waals surface area (Å²) in [5, 5.41) is 2.43. The van der Waals surface area contributed by atoms with Gasteiger partial charge >= 0.3 is 0 Å². The van der Waals surface area contributed by atoms with Gasteiger partial charge in [-0.3, -0.25) is 4.79 Å². The van der Waals surface area contributed by atoms with Gasteiger partial charge in [0.1, 0.15) is 0 Å². The smallest absolute Gasteiger partial charge is 0.262 e. The molecular formula is C17H17F2NO3. The number of amides is 1. The molecule has 0 aromatic heterocycles. The van der Waals surface area contributed by atoms with Crippen molar-refractivity contribution in [2.24, 2.45) is 0 Å². The lowest BCUT2D eigenvalue weighted by Gasteiger charge is -2.12. The lowest BCUT2D eigenvalue weighted by molar-refractivity contribution is -0.118. The Balaban J connectivity index is 1.92. The minimum atomic E-state index is -1.03. The number of nitrogens with one attached hydrogen (secondary N) is 1. The van der Waals surface area contributed by atoms with Gasteiger partial charge in [-0.05, 0) is 30.7 Å². The van der Waals surface area contributed by atoms with Crippen LogP contribution in [-0.4, -0.2) is 19.1 Å². The molecule has 0 bridgehead atoms. The van der Waals surface area contributed by atoms with Crippen molar-refractivity contribution in [3.05, 3.63) is 54.1 Å². The van der Waals surface area contributed by atoms with Crippen molar-refractivity contribution in [3.63, 3.8) is 0 Å². The van der Waals surface area contributed by atoms with Crippen LogP contribution < -0.4 is 14.8 Å². The standard InChI is InChI=1S/C17H17F2NO3/c1-2-9-22-15-5-3-4-6-16(15)23-11-17(21)20-12-7-8-13(18)14(19)10-12/h3-8,10H,2,9,11H2,1H3,(H,20,21). The Morgan fingerprint density at radius 3 is 2.39 bits per heavy atom. The van der Waals surface area contributed by atoms with E-state index in [1.165, 1.54) is 6.07 Å². The second-order valence-electron chi connectivity index (χ2n) is 4.76. The van der Waals surface area contributed by atoms with Gasteiger partial charge in [0.25, 0.3) is 5.91 Å². The minimum Gasteiger partial charge on any atom is -0.490 e. The van der Waals surface area contributed by atoms with Gasteiger partial charge in [0.05, 0.1) is 6.61 Å². The first-order valence-corrected chi connectivity index (χ1v) is 7.19. The number of halogens is 2. The number of hydrogen-bond donors (Lipinski definition) is 1. The molecule has 1 N–H and O–H groups in total. The largest absolute Gasteiger partial charge is 0.490 e. The molecule has 2 aromatic rings. The number of carbonyl (C=O) groups excluding carboxylic acids is 1. The molecule has 2 rings (SSSR count). The molecule has 122 valence electrons. The topological polar surface area (TPSA) is 47.6 Å². The Bertz CT molecular complexity index is 677. The molecule has 0 aliphatic rings. The maximum Gasteiger partial charge on any atom is 0.262 e. The van der Waals surface area contributed by atoms with Crippen LogP contribution in [0.2, 0.25) is 0 Å². The number of benzene rings is 2. The Kier molecular flexibility index (Phi) is 5.91. The summed E-state index contributed by atoms with van der Waals surface area (Å²) in [6, 6.07) is 10.1. The van der Waals surface area contributed by atoms with E-state index in [-0.39, 0.29) is 12.3 Å². The lowest BCUT2D eigenvalue weighted by Crippen LogP contribution is -2.20. The summed E-state index contributed by atoms with van der Waals surface area (Å²) >= 11 is 0. The Hall–Kier alpha value is -2.63. The van der Waals surface area contributed by atoms with Gasteiger partial charge in [-0.2, -0.15) is 0 Å². The fourth-order valence-electron chi connectivity index (χ4n) is 1.81. The zero-order valence-corrected chi connectivity index (χ0v) is 12.6. The van der Waals surface area contributed by atoms with E-state index in [0.29, 0.717) is 18.1 Å². The molecule has 6 heteroatoms. The van der Waals surface area contributed by atoms with Crippen LogP contribution in [0.25, 0.3) is 0 Å². The molecule has 0 saturated heterocycles. The summed E-state index contributed by atoms with van der Waals surface area (Å²) in [4.78, 5) is 11.8. The monoisotopic (exact) mass is 321 g/mol. The maximum atomic E-state index is 13.1. The highest BCUT2D eigenvalue weighted by molar-refractivity contribution is 5.91. The fraction of sp³-hybridized carbons (Fsp3) is 0.235. The van der Waals surface area contributed by atoms with E-state index in [2.05, 4.69) is 5.32 Å². The van der Waals surface area contributed by atoms with Crippen molar-refractivity contribution >= 4 is 11.6 Å². The average Bonchev–Trinajstić information content (AvgIpc) is 2.55. The molecule has 0 saturated carbocycles. The van der Waals surface area contributed by atoms with Gasteiger partial charge in [-0.1, -0.05) is 19.1 Å². The molecule has 0 unspecified atom stereocenters. The number of para-hydroxylation sites is 2. The fourth-order valence-corrected chi connectivity index (χ4v) is 1.81. The molecule has 2 aromatic carbocycles. The van der Waals surface area contributed by atoms with Crippen LogP contribution in [0.4, 0.5) is 14.5 Å². The molecule has 0 aliphatic carbocycles. The summed E-state index contributed by atoms with van der Waals surface area (Å²) < 4.78 is 36.8. The molecule has 23 heavy (non-hydrogen) atoms. The zero-order valence-electron chi connectivity index (χ0n) is 12.6. The first-order chi connectivity index (χ1) is 11.1. The predicted molar refractivity (Wildman–Crippen MR) is 82.7 cm³/mol. The molecule has 0 spiro atoms. The zero-order chi connectivity index (χ0) is 16.7. The lowest BCUT2D eigenvalue weighted by atomic mass is 10.3. The molecular weight excluding hydrogens is 304 g/mol. The number of carbonyl (C=O) groups is 1. The summed E-state index contributed by atoms with van der Waals surface area (Å²) in [6.45, 7) is 2.26. The molecule has 4 nitrogen and oxygen atoms in total. The second kappa shape index (κ2) is 8.12. The van der Waals surface area contributed by atoms with Crippen LogP contribution in [0, 0.1) is 11.6 Å². The molecule has 1 amide bonds. The van der Waals surface area contributed by atoms with Gasteiger partial charge in [0, 0.05) is 11.8 Å². The first-order valence-electron chi connectivity index (χ1n) is 7.19. The third kappa shape index (κ3) is 4.95. The van der Waals surface area contributed by atoms with E-state index in [4.69, 9.17) is 9.47 Å². The second-order valence-corrected chi connectivity index (χ2v) is 4.76. The van der Waals surface area contributed by atoms with Crippen molar-refractivity contribution in [3.8, 4) is 11.5 Å². The van der Waals surface area contributed by atoms with Gasteiger partial charge in [-0.25, -0.2) is 8.78 Å². The van der Waals surface area contributed by atoms with Gasteiger partial charge in [0.15, 0.2) is 29.7 Å². The van der Waals surface area contributed by atoms with E-state index >= 15 is 0 Å². The van der Waals surface area contributed by atoms with Crippen LogP contribution in [0.5, 0.6) is 11.5 Å². The van der Waals surface area contributed by atoms with Crippen LogP contribution in [0.1, 0.15) is 13.3 Å². The molecule has 0 aliphatic heterocycles. The minimum absolute atomic E-state index is 0.160. The van der Waals surface area contributed by atoms with E-state index in [0.717, 1.165) is 18.6 Å². The van der Waals surface area contributed by atoms with E-state index in [9.17, 15) is 13.6 Å². The highest BCUT2D eigenvalue weighted by atomic mass is 19.2. The maximum absolute atomic E-state index is 13.1. The summed E-state index contributed by atoms with van der Waals surface area (Å²) in [5.41, 5.74) is 0.160. The van der Waals surface area contributed by atoms with Crippen molar-refractivity contribution < 1.29 is 23.0 Å². The summed E-state index contributed by atoms with van der Waals surface area (Å²) in [5.74, 6) is -1.49. The number of rotatable bonds is 7. The molecule has 0 atom stereocenters. The van der Waals surface area contributed by atoms with Crippen molar-refractivity contribution in [1.82, 2.24) is 0 Å². The highest BCUT2D eigenvalue weighted by Gasteiger charge is 2.09. The van der Waals surface area contributed by atoms with Crippen molar-refractivity contribution in [2.75, 3.05) is 18.5 Å². The SMILES string of the molecule is CCCOc1ccccc1OCC(=O)Nc1ccc(F)c(F)c1. The van der Waals surface area contributed by atoms with E-state index in [1.54, 1.807) is 24.3 Å². The van der Waals surface area contributed by atoms with Crippen LogP contribution >= 0.6 is 0 Å². The third-order valence-electron chi connectivity index (χ3n) is 2.87. The van der Waals surface area contributed by atoms with Crippen molar-refractivity contribution in [1.29, 1.82) is 0 Å². The third-order valence-corrected chi connectivity index (χ3v) is 2.87. The Morgan fingerprint density at radius 2 is 1.74 bits per heavy atom. The van der Waals surface area contributed by atoms with Gasteiger partial charge < -0.3 is 14.8 Å². The van der Waals surface area contributed by atoms with E-state index < -0.39 is 17.5 Å². The number of hydrogen-bond acceptors (Lipinski definition) is 3. The Labute approximate surface area is 133 Å². The predicted octanol–water partition coefficient (Wildman–Crippen LogP) is 3.77. The normalized spacial score (nSPS) is 10.2. The van der Waals surface area contributed by atoms with Crippen LogP contribution in [-0.2, 0) is 4.79 Å². The number of ether oxygens (including phenoxy) is 2. The van der Waals surface area contributed by atoms with Gasteiger partial charge in [0.2, 0.25) is 0 Å². The molecule has 0 radical (unpaired) electrons. The van der Waals surface area contributed by atoms with Gasteiger partial charge in [-0.15, -0.1) is 0 Å². The van der Waals surface area contributed by atoms with Crippen LogP contribution in [0.3, 0.4) is 0 Å². The highest BCUT2D eigenvalue weighted by Crippen LogP contribution is 2.26. The van der Waals surface area contributed by atoms with Crippen LogP contribution in [0.15, 0.2) is 42.5 Å². The Morgan fingerprint density at radius 1 is 1.04 bits per heavy atom. The number of anilines is 1. The quantitative estimate of drug-likeness (QED) is 0.844. The summed E-state index contributed by atoms with van der Waals surface area (Å²) in [7, 11) is 0. The average molecular weight is 321 g/mol. The first kappa shape index (κ1) is 16.7.